The number of rotatable bonds is 2. The second kappa shape index (κ2) is 6.07. The van der Waals surface area contributed by atoms with Crippen molar-refractivity contribution in [1.29, 1.82) is 0 Å². The molecule has 1 aliphatic heterocycles. The number of nitrogens with zero attached hydrogens (tertiary/aromatic N) is 1. The summed E-state index contributed by atoms with van der Waals surface area (Å²) in [5, 5.41) is 0. The smallest absolute Gasteiger partial charge is 0.326 e. The summed E-state index contributed by atoms with van der Waals surface area (Å²) >= 11 is 0. The summed E-state index contributed by atoms with van der Waals surface area (Å²) in [5.74, 6) is -1.23. The van der Waals surface area contributed by atoms with Crippen LogP contribution in [0.3, 0.4) is 0 Å². The summed E-state index contributed by atoms with van der Waals surface area (Å²) < 4.78 is 50.7. The molecule has 108 valence electrons. The monoisotopic (exact) mass is 298 g/mol. The Kier molecular flexibility index (Phi) is 5.18. The van der Waals surface area contributed by atoms with Crippen molar-refractivity contribution < 1.29 is 17.6 Å². The quantitative estimate of drug-likeness (QED) is 0.851. The van der Waals surface area contributed by atoms with E-state index in [0.29, 0.717) is 18.7 Å². The molecule has 0 radical (unpaired) electrons. The molecule has 0 saturated carbocycles. The molecule has 1 heterocycles. The molecule has 0 aromatic heterocycles. The Morgan fingerprint density at radius 3 is 2.53 bits per heavy atom. The molecule has 2 nitrogen and oxygen atoms in total. The lowest BCUT2D eigenvalue weighted by atomic mass is 10.1. The van der Waals surface area contributed by atoms with Crippen LogP contribution in [0.1, 0.15) is 17.5 Å². The molecule has 19 heavy (non-hydrogen) atoms. The van der Waals surface area contributed by atoms with Gasteiger partial charge in [-0.15, -0.1) is 12.4 Å². The molecular weight excluding hydrogens is 284 g/mol. The van der Waals surface area contributed by atoms with Crippen LogP contribution in [0, 0.1) is 5.82 Å². The summed E-state index contributed by atoms with van der Waals surface area (Å²) in [6, 6.07) is 3.20. The van der Waals surface area contributed by atoms with Crippen molar-refractivity contribution in [3.05, 3.63) is 35.1 Å². The number of likely N-dealkylation sites (tertiary alicyclic amines) is 1. The van der Waals surface area contributed by atoms with Crippen LogP contribution >= 0.6 is 12.4 Å². The Bertz CT molecular complexity index is 436. The molecule has 1 fully saturated rings. The van der Waals surface area contributed by atoms with Gasteiger partial charge in [0.2, 0.25) is 0 Å². The molecule has 1 aliphatic rings. The van der Waals surface area contributed by atoms with Crippen LogP contribution in [0.25, 0.3) is 0 Å². The van der Waals surface area contributed by atoms with Crippen molar-refractivity contribution in [3.63, 3.8) is 0 Å². The van der Waals surface area contributed by atoms with Gasteiger partial charge in [0.1, 0.15) is 5.82 Å². The molecule has 1 unspecified atom stereocenters. The van der Waals surface area contributed by atoms with Crippen LogP contribution in [0.5, 0.6) is 0 Å². The second-order valence-corrected chi connectivity index (χ2v) is 4.60. The Labute approximate surface area is 115 Å². The summed E-state index contributed by atoms with van der Waals surface area (Å²) in [6.45, 7) is 1.80. The van der Waals surface area contributed by atoms with Crippen molar-refractivity contribution in [3.8, 4) is 0 Å². The Hall–Kier alpha value is -0.850. The first-order valence-electron chi connectivity index (χ1n) is 5.70. The lowest BCUT2D eigenvalue weighted by Crippen LogP contribution is -2.26. The molecule has 0 amide bonds. The number of benzene rings is 1. The molecule has 1 atom stereocenters. The van der Waals surface area contributed by atoms with Gasteiger partial charge in [-0.25, -0.2) is 4.39 Å². The normalized spacial score (nSPS) is 20.4. The Morgan fingerprint density at radius 2 is 2.00 bits per heavy atom. The van der Waals surface area contributed by atoms with Gasteiger partial charge in [-0.05, 0) is 24.1 Å². The highest BCUT2D eigenvalue weighted by atomic mass is 35.5. The fourth-order valence-corrected chi connectivity index (χ4v) is 2.15. The predicted molar refractivity (Wildman–Crippen MR) is 66.5 cm³/mol. The van der Waals surface area contributed by atoms with Crippen LogP contribution in [-0.4, -0.2) is 24.0 Å². The van der Waals surface area contributed by atoms with Crippen LogP contribution in [0.4, 0.5) is 17.6 Å². The van der Waals surface area contributed by atoms with E-state index in [1.807, 2.05) is 4.90 Å². The van der Waals surface area contributed by atoms with E-state index in [0.717, 1.165) is 25.1 Å². The highest BCUT2D eigenvalue weighted by Crippen LogP contribution is 2.32. The largest absolute Gasteiger partial charge is 0.419 e. The van der Waals surface area contributed by atoms with Gasteiger partial charge in [-0.1, -0.05) is 6.07 Å². The summed E-state index contributed by atoms with van der Waals surface area (Å²) in [7, 11) is 0. The molecular formula is C12H15ClF4N2. The van der Waals surface area contributed by atoms with Gasteiger partial charge in [0.05, 0.1) is 5.56 Å². The first-order valence-corrected chi connectivity index (χ1v) is 5.70. The Balaban J connectivity index is 0.00000180. The van der Waals surface area contributed by atoms with Crippen LogP contribution < -0.4 is 5.73 Å². The summed E-state index contributed by atoms with van der Waals surface area (Å²) in [5.41, 5.74) is 4.97. The minimum absolute atomic E-state index is 0. The maximum atomic E-state index is 13.1. The maximum absolute atomic E-state index is 13.1. The minimum atomic E-state index is -4.65. The van der Waals surface area contributed by atoms with Crippen molar-refractivity contribution in [1.82, 2.24) is 4.90 Å². The third kappa shape index (κ3) is 4.06. The summed E-state index contributed by atoms with van der Waals surface area (Å²) in [4.78, 5) is 1.97. The number of alkyl halides is 3. The Morgan fingerprint density at radius 1 is 1.32 bits per heavy atom. The first-order chi connectivity index (χ1) is 8.36. The van der Waals surface area contributed by atoms with E-state index in [1.165, 1.54) is 6.07 Å². The maximum Gasteiger partial charge on any atom is 0.419 e. The zero-order valence-corrected chi connectivity index (χ0v) is 10.9. The molecule has 0 aliphatic carbocycles. The van der Waals surface area contributed by atoms with Gasteiger partial charge in [0.15, 0.2) is 0 Å². The fraction of sp³-hybridized carbons (Fsp3) is 0.500. The number of hydrogen-bond donors (Lipinski definition) is 1. The van der Waals surface area contributed by atoms with Crippen LogP contribution in [-0.2, 0) is 12.7 Å². The van der Waals surface area contributed by atoms with E-state index in [4.69, 9.17) is 5.73 Å². The molecule has 2 rings (SSSR count). The fourth-order valence-electron chi connectivity index (χ4n) is 2.15. The van der Waals surface area contributed by atoms with Gasteiger partial charge in [0.25, 0.3) is 0 Å². The first kappa shape index (κ1) is 16.2. The van der Waals surface area contributed by atoms with Crippen molar-refractivity contribution in [2.75, 3.05) is 13.1 Å². The highest BCUT2D eigenvalue weighted by molar-refractivity contribution is 5.85. The number of halogens is 5. The highest BCUT2D eigenvalue weighted by Gasteiger charge is 2.34. The van der Waals surface area contributed by atoms with Gasteiger partial charge in [-0.2, -0.15) is 13.2 Å². The van der Waals surface area contributed by atoms with Crippen LogP contribution in [0.15, 0.2) is 18.2 Å². The number of nitrogens with two attached hydrogens (primary N) is 1. The topological polar surface area (TPSA) is 29.3 Å². The van der Waals surface area contributed by atoms with Gasteiger partial charge in [-0.3, -0.25) is 4.90 Å². The number of hydrogen-bond acceptors (Lipinski definition) is 2. The van der Waals surface area contributed by atoms with Gasteiger partial charge >= 0.3 is 6.18 Å². The molecule has 0 bridgehead atoms. The molecule has 1 aromatic rings. The molecule has 0 spiro atoms. The van der Waals surface area contributed by atoms with E-state index in [2.05, 4.69) is 0 Å². The van der Waals surface area contributed by atoms with Crippen molar-refractivity contribution in [2.45, 2.75) is 25.2 Å². The average molecular weight is 299 g/mol. The van der Waals surface area contributed by atoms with E-state index in [9.17, 15) is 17.6 Å². The predicted octanol–water partition coefficient (Wildman–Crippen LogP) is 2.80. The second-order valence-electron chi connectivity index (χ2n) is 4.60. The molecule has 7 heteroatoms. The van der Waals surface area contributed by atoms with E-state index >= 15 is 0 Å². The zero-order chi connectivity index (χ0) is 13.3. The SMILES string of the molecule is Cl.NC1CCN(Cc2ccc(F)c(C(F)(F)F)c2)C1. The summed E-state index contributed by atoms with van der Waals surface area (Å²) in [6.07, 6.45) is -3.81. The van der Waals surface area contributed by atoms with E-state index < -0.39 is 17.6 Å². The minimum Gasteiger partial charge on any atom is -0.326 e. The molecule has 1 aromatic carbocycles. The molecule has 2 N–H and O–H groups in total. The molecule has 1 saturated heterocycles. The van der Waals surface area contributed by atoms with Crippen molar-refractivity contribution >= 4 is 12.4 Å². The lowest BCUT2D eigenvalue weighted by Gasteiger charge is -2.16. The van der Waals surface area contributed by atoms with E-state index in [-0.39, 0.29) is 18.4 Å². The van der Waals surface area contributed by atoms with Gasteiger partial charge in [0, 0.05) is 25.7 Å². The zero-order valence-electron chi connectivity index (χ0n) is 10.1. The standard InChI is InChI=1S/C12H14F4N2.ClH/c13-11-2-1-8(5-10(11)12(14,15)16)6-18-4-3-9(17)7-18;/h1-2,5,9H,3-4,6-7,17H2;1H. The third-order valence-electron chi connectivity index (χ3n) is 3.05. The van der Waals surface area contributed by atoms with Crippen molar-refractivity contribution in [2.24, 2.45) is 5.73 Å². The van der Waals surface area contributed by atoms with E-state index in [1.54, 1.807) is 0 Å². The van der Waals surface area contributed by atoms with Gasteiger partial charge < -0.3 is 5.73 Å². The average Bonchev–Trinajstić information content (AvgIpc) is 2.65. The third-order valence-corrected chi connectivity index (χ3v) is 3.05. The van der Waals surface area contributed by atoms with Crippen LogP contribution in [0.2, 0.25) is 0 Å². The lowest BCUT2D eigenvalue weighted by molar-refractivity contribution is -0.140.